The highest BCUT2D eigenvalue weighted by molar-refractivity contribution is 7.14. The molecule has 2 aromatic carbocycles. The van der Waals surface area contributed by atoms with E-state index in [1.54, 1.807) is 36.1 Å². The molecule has 0 unspecified atom stereocenters. The Morgan fingerprint density at radius 1 is 1.19 bits per heavy atom. The number of fused-ring (bicyclic) bond motifs is 1. The predicted molar refractivity (Wildman–Crippen MR) is 143 cm³/mol. The van der Waals surface area contributed by atoms with Gasteiger partial charge in [0.25, 0.3) is 11.8 Å². The third-order valence-corrected chi connectivity index (χ3v) is 7.60. The minimum atomic E-state index is -0.715. The van der Waals surface area contributed by atoms with Crippen molar-refractivity contribution in [3.63, 3.8) is 0 Å². The Morgan fingerprint density at radius 3 is 2.70 bits per heavy atom. The van der Waals surface area contributed by atoms with Gasteiger partial charge in [-0.3, -0.25) is 14.4 Å². The molecule has 0 fully saturated rings. The summed E-state index contributed by atoms with van der Waals surface area (Å²) in [7, 11) is 0. The molecule has 1 aliphatic rings. The van der Waals surface area contributed by atoms with E-state index in [1.165, 1.54) is 29.5 Å². The number of hydrogen-bond donors (Lipinski definition) is 4. The van der Waals surface area contributed by atoms with Gasteiger partial charge in [0.2, 0.25) is 5.91 Å². The zero-order valence-corrected chi connectivity index (χ0v) is 21.4. The number of nitrogens with two attached hydrogens (primary N) is 1. The van der Waals surface area contributed by atoms with Crippen molar-refractivity contribution in [1.29, 1.82) is 5.41 Å². The first-order valence-electron chi connectivity index (χ1n) is 11.9. The van der Waals surface area contributed by atoms with Gasteiger partial charge in [0.15, 0.2) is 0 Å². The summed E-state index contributed by atoms with van der Waals surface area (Å²) in [6, 6.07) is 9.94. The number of nitrogens with zero attached hydrogens (tertiary/aromatic N) is 1. The highest BCUT2D eigenvalue weighted by Crippen LogP contribution is 2.30. The molecule has 8 nitrogen and oxygen atoms in total. The van der Waals surface area contributed by atoms with Crippen molar-refractivity contribution in [1.82, 2.24) is 10.2 Å². The lowest BCUT2D eigenvalue weighted by Gasteiger charge is -2.30. The molecule has 1 aromatic heterocycles. The summed E-state index contributed by atoms with van der Waals surface area (Å²) >= 11 is 1.37. The van der Waals surface area contributed by atoms with Crippen LogP contribution in [0.15, 0.2) is 42.5 Å². The third-order valence-electron chi connectivity index (χ3n) is 6.37. The van der Waals surface area contributed by atoms with E-state index in [9.17, 15) is 18.8 Å². The van der Waals surface area contributed by atoms with Crippen LogP contribution in [0.2, 0.25) is 0 Å². The molecule has 10 heteroatoms. The number of carbonyl (C=O) groups excluding carboxylic acids is 3. The minimum absolute atomic E-state index is 0.197. The van der Waals surface area contributed by atoms with Crippen LogP contribution in [0.1, 0.15) is 54.9 Å². The Kier molecular flexibility index (Phi) is 7.68. The van der Waals surface area contributed by atoms with E-state index in [0.29, 0.717) is 53.3 Å². The molecule has 3 amide bonds. The molecule has 3 aromatic rings. The molecule has 192 valence electrons. The second-order valence-electron chi connectivity index (χ2n) is 8.90. The maximum absolute atomic E-state index is 13.6. The van der Waals surface area contributed by atoms with Gasteiger partial charge >= 0.3 is 0 Å². The number of hydrogen-bond acceptors (Lipinski definition) is 6. The van der Waals surface area contributed by atoms with Gasteiger partial charge in [0.1, 0.15) is 11.9 Å². The molecule has 0 aliphatic carbocycles. The van der Waals surface area contributed by atoms with Crippen molar-refractivity contribution in [3.05, 3.63) is 80.3 Å². The molecule has 37 heavy (non-hydrogen) atoms. The zero-order valence-electron chi connectivity index (χ0n) is 20.6. The lowest BCUT2D eigenvalue weighted by Crippen LogP contribution is -2.49. The van der Waals surface area contributed by atoms with Crippen LogP contribution < -0.4 is 16.4 Å². The van der Waals surface area contributed by atoms with Crippen LogP contribution in [0.3, 0.4) is 0 Å². The Morgan fingerprint density at radius 2 is 1.97 bits per heavy atom. The highest BCUT2D eigenvalue weighted by Gasteiger charge is 2.29. The first kappa shape index (κ1) is 26.0. The van der Waals surface area contributed by atoms with E-state index in [2.05, 4.69) is 10.6 Å². The number of rotatable bonds is 7. The van der Waals surface area contributed by atoms with Crippen LogP contribution in [-0.2, 0) is 17.8 Å². The Hall–Kier alpha value is -4.05. The van der Waals surface area contributed by atoms with Crippen LogP contribution in [0, 0.1) is 18.2 Å². The van der Waals surface area contributed by atoms with Crippen molar-refractivity contribution in [3.8, 4) is 0 Å². The van der Waals surface area contributed by atoms with E-state index in [-0.39, 0.29) is 11.8 Å². The Labute approximate surface area is 218 Å². The number of aryl methyl sites for hydroxylation is 1. The topological polar surface area (TPSA) is 128 Å². The molecule has 0 radical (unpaired) electrons. The second kappa shape index (κ2) is 10.9. The third kappa shape index (κ3) is 5.69. The van der Waals surface area contributed by atoms with Crippen molar-refractivity contribution < 1.29 is 18.8 Å². The molecule has 2 heterocycles. The monoisotopic (exact) mass is 521 g/mol. The second-order valence-corrected chi connectivity index (χ2v) is 10.0. The minimum Gasteiger partial charge on any atom is -0.398 e. The predicted octanol–water partition coefficient (Wildman–Crippen LogP) is 4.12. The normalized spacial score (nSPS) is 13.4. The summed E-state index contributed by atoms with van der Waals surface area (Å²) in [5, 5.41) is 13.0. The van der Waals surface area contributed by atoms with E-state index >= 15 is 0 Å². The number of carbonyl (C=O) groups is 3. The van der Waals surface area contributed by atoms with Gasteiger partial charge in [0, 0.05) is 46.7 Å². The first-order chi connectivity index (χ1) is 17.7. The van der Waals surface area contributed by atoms with Crippen molar-refractivity contribution in [2.45, 2.75) is 39.3 Å². The lowest BCUT2D eigenvalue weighted by atomic mass is 10.1. The largest absolute Gasteiger partial charge is 0.398 e. The van der Waals surface area contributed by atoms with Gasteiger partial charge in [-0.25, -0.2) is 4.39 Å². The van der Waals surface area contributed by atoms with E-state index in [0.717, 1.165) is 22.2 Å². The summed E-state index contributed by atoms with van der Waals surface area (Å²) in [6.07, 6.45) is 2.09. The van der Waals surface area contributed by atoms with E-state index in [4.69, 9.17) is 11.1 Å². The van der Waals surface area contributed by atoms with Gasteiger partial charge in [0.05, 0.1) is 4.88 Å². The molecule has 0 saturated heterocycles. The summed E-state index contributed by atoms with van der Waals surface area (Å²) in [6.45, 7) is 4.43. The maximum Gasteiger partial charge on any atom is 0.265 e. The fourth-order valence-electron chi connectivity index (χ4n) is 4.19. The van der Waals surface area contributed by atoms with Gasteiger partial charge in [-0.1, -0.05) is 13.0 Å². The van der Waals surface area contributed by atoms with Crippen molar-refractivity contribution >= 4 is 46.6 Å². The van der Waals surface area contributed by atoms with Crippen LogP contribution in [0.4, 0.5) is 15.8 Å². The molecular weight excluding hydrogens is 493 g/mol. The fourth-order valence-corrected chi connectivity index (χ4v) is 5.25. The smallest absolute Gasteiger partial charge is 0.265 e. The quantitative estimate of drug-likeness (QED) is 0.275. The molecular formula is C27H28FN5O3S. The number of amides is 3. The number of anilines is 2. The van der Waals surface area contributed by atoms with Crippen LogP contribution in [0.25, 0.3) is 0 Å². The number of thiophene rings is 1. The SMILES string of the molecule is CC[C@@H](NC(=O)c1ccc(N)c(C=N)c1)C(=O)N1CCc2sc(C(=O)Nc3cc(F)ccc3C)cc2C1. The summed E-state index contributed by atoms with van der Waals surface area (Å²) in [4.78, 5) is 42.1. The number of benzene rings is 2. The van der Waals surface area contributed by atoms with Crippen LogP contribution in [-0.4, -0.2) is 41.4 Å². The van der Waals surface area contributed by atoms with Crippen molar-refractivity contribution in [2.24, 2.45) is 0 Å². The molecule has 1 atom stereocenters. The molecule has 0 saturated carbocycles. The summed E-state index contributed by atoms with van der Waals surface area (Å²) < 4.78 is 13.6. The average molecular weight is 522 g/mol. The first-order valence-corrected chi connectivity index (χ1v) is 12.7. The molecule has 4 rings (SSSR count). The molecule has 0 spiro atoms. The number of nitrogens with one attached hydrogen (secondary N) is 3. The maximum atomic E-state index is 13.6. The van der Waals surface area contributed by atoms with Gasteiger partial charge in [-0.2, -0.15) is 0 Å². The van der Waals surface area contributed by atoms with Crippen LogP contribution in [0.5, 0.6) is 0 Å². The van der Waals surface area contributed by atoms with Crippen LogP contribution >= 0.6 is 11.3 Å². The number of nitrogen functional groups attached to an aromatic ring is 1. The van der Waals surface area contributed by atoms with Gasteiger partial charge in [-0.05, 0) is 67.3 Å². The molecule has 0 bridgehead atoms. The summed E-state index contributed by atoms with van der Waals surface area (Å²) in [5.41, 5.74) is 9.02. The Balaban J connectivity index is 1.43. The lowest BCUT2D eigenvalue weighted by molar-refractivity contribution is -0.134. The summed E-state index contributed by atoms with van der Waals surface area (Å²) in [5.74, 6) is -1.36. The van der Waals surface area contributed by atoms with E-state index < -0.39 is 17.8 Å². The van der Waals surface area contributed by atoms with Crippen molar-refractivity contribution in [2.75, 3.05) is 17.6 Å². The highest BCUT2D eigenvalue weighted by atomic mass is 32.1. The number of halogens is 1. The van der Waals surface area contributed by atoms with Gasteiger partial charge < -0.3 is 26.7 Å². The fraction of sp³-hybridized carbons (Fsp3) is 0.259. The van der Waals surface area contributed by atoms with E-state index in [1.807, 2.05) is 6.92 Å². The molecule has 5 N–H and O–H groups in total. The Bertz CT molecular complexity index is 1390. The zero-order chi connectivity index (χ0) is 26.7. The van der Waals surface area contributed by atoms with Gasteiger partial charge in [-0.15, -0.1) is 11.3 Å². The average Bonchev–Trinajstić information content (AvgIpc) is 3.33. The standard InChI is InChI=1S/C27H28FN5O3S/c1-3-21(31-25(34)16-5-7-20(30)17(10-16)13-29)27(36)33-9-8-23-18(14-33)11-24(37-23)26(35)32-22-12-19(28)6-4-15(22)2/h4-7,10-13,21,29H,3,8-9,14,30H2,1-2H3,(H,31,34)(H,32,35)/t21-/m1/s1. The molecule has 1 aliphatic heterocycles.